The third kappa shape index (κ3) is 4.44. The molecular weight excluding hydrogens is 370 g/mol. The lowest BCUT2D eigenvalue weighted by atomic mass is 9.75. The van der Waals surface area contributed by atoms with Gasteiger partial charge in [0.25, 0.3) is 0 Å². The number of nitrogens with zero attached hydrogens (tertiary/aromatic N) is 1. The van der Waals surface area contributed by atoms with E-state index in [1.54, 1.807) is 0 Å². The molecule has 1 N–H and O–H groups in total. The molecule has 0 spiro atoms. The number of carbonyl (C=O) groups excluding carboxylic acids is 2. The number of esters is 1. The number of fused-ring (bicyclic) bond motifs is 2. The highest BCUT2D eigenvalue weighted by Crippen LogP contribution is 2.42. The van der Waals surface area contributed by atoms with E-state index >= 15 is 0 Å². The van der Waals surface area contributed by atoms with Crippen LogP contribution >= 0.6 is 0 Å². The van der Waals surface area contributed by atoms with E-state index < -0.39 is 11.8 Å². The summed E-state index contributed by atoms with van der Waals surface area (Å²) in [5.74, 6) is -1.29. The minimum Gasteiger partial charge on any atom is -0.460 e. The Labute approximate surface area is 171 Å². The number of β-amino-alcohol motifs (C(OH)–C–C–N with tert-alkyl or cyclic N) is 1. The molecule has 1 aromatic carbocycles. The van der Waals surface area contributed by atoms with Gasteiger partial charge in [-0.2, -0.15) is 0 Å². The summed E-state index contributed by atoms with van der Waals surface area (Å²) in [7, 11) is 0. The van der Waals surface area contributed by atoms with Crippen LogP contribution in [0.1, 0.15) is 24.8 Å². The van der Waals surface area contributed by atoms with Crippen molar-refractivity contribution in [2.24, 2.45) is 17.8 Å². The SMILES string of the molecule is O=C(OCc1ccccc1)C1C2C=CC(O2)C1C(=O)C1CCCN(CCO)CC1. The summed E-state index contributed by atoms with van der Waals surface area (Å²) in [6, 6.07) is 9.56. The summed E-state index contributed by atoms with van der Waals surface area (Å²) < 4.78 is 11.5. The molecule has 3 aliphatic heterocycles. The summed E-state index contributed by atoms with van der Waals surface area (Å²) >= 11 is 0. The summed E-state index contributed by atoms with van der Waals surface area (Å²) in [5.41, 5.74) is 0.927. The molecule has 6 nitrogen and oxygen atoms in total. The number of rotatable bonds is 7. The number of hydrogen-bond donors (Lipinski definition) is 1. The van der Waals surface area contributed by atoms with E-state index in [0.29, 0.717) is 6.54 Å². The molecule has 3 heterocycles. The fourth-order valence-electron chi connectivity index (χ4n) is 4.83. The standard InChI is InChI=1S/C23H29NO5/c25-14-13-24-11-4-7-17(10-12-24)22(26)20-18-8-9-19(29-18)21(20)23(27)28-15-16-5-2-1-3-6-16/h1-3,5-6,8-9,17-21,25H,4,7,10-15H2. The van der Waals surface area contributed by atoms with Crippen molar-refractivity contribution in [3.05, 3.63) is 48.0 Å². The van der Waals surface area contributed by atoms with E-state index in [4.69, 9.17) is 9.47 Å². The molecular formula is C23H29NO5. The van der Waals surface area contributed by atoms with Crippen LogP contribution in [0.15, 0.2) is 42.5 Å². The number of benzene rings is 1. The quantitative estimate of drug-likeness (QED) is 0.558. The largest absolute Gasteiger partial charge is 0.460 e. The molecule has 0 radical (unpaired) electrons. The predicted molar refractivity (Wildman–Crippen MR) is 107 cm³/mol. The van der Waals surface area contributed by atoms with Crippen LogP contribution in [0.5, 0.6) is 0 Å². The minimum atomic E-state index is -0.557. The van der Waals surface area contributed by atoms with Crippen LogP contribution in [-0.2, 0) is 25.7 Å². The van der Waals surface area contributed by atoms with E-state index in [9.17, 15) is 14.7 Å². The first kappa shape index (κ1) is 20.3. The number of carbonyl (C=O) groups is 2. The van der Waals surface area contributed by atoms with Gasteiger partial charge in [-0.05, 0) is 37.9 Å². The van der Waals surface area contributed by atoms with Gasteiger partial charge < -0.3 is 19.5 Å². The molecule has 0 aromatic heterocycles. The van der Waals surface area contributed by atoms with Crippen molar-refractivity contribution in [3.8, 4) is 0 Å². The molecule has 0 amide bonds. The van der Waals surface area contributed by atoms with Gasteiger partial charge in [0.1, 0.15) is 12.4 Å². The zero-order chi connectivity index (χ0) is 20.2. The highest BCUT2D eigenvalue weighted by atomic mass is 16.5. The van der Waals surface area contributed by atoms with Gasteiger partial charge in [-0.3, -0.25) is 9.59 Å². The summed E-state index contributed by atoms with van der Waals surface area (Å²) in [6.07, 6.45) is 5.64. The molecule has 5 atom stereocenters. The molecule has 6 heteroatoms. The second-order valence-electron chi connectivity index (χ2n) is 8.19. The fourth-order valence-corrected chi connectivity index (χ4v) is 4.83. The summed E-state index contributed by atoms with van der Waals surface area (Å²) in [4.78, 5) is 28.5. The van der Waals surface area contributed by atoms with Crippen molar-refractivity contribution in [2.45, 2.75) is 38.1 Å². The van der Waals surface area contributed by atoms with Crippen LogP contribution in [0.25, 0.3) is 0 Å². The van der Waals surface area contributed by atoms with E-state index in [2.05, 4.69) is 4.90 Å². The first-order valence-electron chi connectivity index (χ1n) is 10.6. The second kappa shape index (κ2) is 9.20. The second-order valence-corrected chi connectivity index (χ2v) is 8.19. The minimum absolute atomic E-state index is 0.0653. The highest BCUT2D eigenvalue weighted by Gasteiger charge is 2.54. The van der Waals surface area contributed by atoms with E-state index in [1.165, 1.54) is 0 Å². The van der Waals surface area contributed by atoms with Gasteiger partial charge >= 0.3 is 5.97 Å². The van der Waals surface area contributed by atoms with Crippen molar-refractivity contribution in [2.75, 3.05) is 26.2 Å². The van der Waals surface area contributed by atoms with Gasteiger partial charge in [-0.15, -0.1) is 0 Å². The molecule has 3 aliphatic rings. The Hall–Kier alpha value is -2.02. The van der Waals surface area contributed by atoms with Gasteiger partial charge in [0.05, 0.1) is 30.7 Å². The normalized spacial score (nSPS) is 31.6. The number of likely N-dealkylation sites (tertiary alicyclic amines) is 1. The highest BCUT2D eigenvalue weighted by molar-refractivity contribution is 5.90. The van der Waals surface area contributed by atoms with Gasteiger partial charge in [0.15, 0.2) is 0 Å². The van der Waals surface area contributed by atoms with Gasteiger partial charge in [-0.1, -0.05) is 42.5 Å². The van der Waals surface area contributed by atoms with Crippen LogP contribution in [0.2, 0.25) is 0 Å². The van der Waals surface area contributed by atoms with Crippen LogP contribution in [0, 0.1) is 17.8 Å². The first-order chi connectivity index (χ1) is 14.2. The fraction of sp³-hybridized carbons (Fsp3) is 0.565. The molecule has 2 fully saturated rings. The van der Waals surface area contributed by atoms with Crippen LogP contribution in [0.4, 0.5) is 0 Å². The van der Waals surface area contributed by atoms with E-state index in [0.717, 1.165) is 37.9 Å². The number of aliphatic hydroxyl groups is 1. The molecule has 156 valence electrons. The molecule has 1 aromatic rings. The summed E-state index contributed by atoms with van der Waals surface area (Å²) in [5, 5.41) is 9.17. The van der Waals surface area contributed by atoms with Crippen LogP contribution < -0.4 is 0 Å². The molecule has 4 rings (SSSR count). The maximum atomic E-state index is 13.4. The first-order valence-corrected chi connectivity index (χ1v) is 10.6. The molecule has 2 bridgehead atoms. The Kier molecular flexibility index (Phi) is 6.43. The molecule has 29 heavy (non-hydrogen) atoms. The Morgan fingerprint density at radius 2 is 1.83 bits per heavy atom. The Bertz CT molecular complexity index is 749. The number of Topliss-reactive ketones (excluding diaryl/α,β-unsaturated/α-hetero) is 1. The van der Waals surface area contributed by atoms with Crippen molar-refractivity contribution in [3.63, 3.8) is 0 Å². The maximum absolute atomic E-state index is 13.4. The van der Waals surface area contributed by atoms with Gasteiger partial charge in [-0.25, -0.2) is 0 Å². The van der Waals surface area contributed by atoms with E-state index in [-0.39, 0.29) is 43.1 Å². The number of ketones is 1. The molecule has 2 saturated heterocycles. The molecule has 0 aliphatic carbocycles. The van der Waals surface area contributed by atoms with Crippen molar-refractivity contribution in [1.82, 2.24) is 4.90 Å². The Morgan fingerprint density at radius 1 is 1.07 bits per heavy atom. The number of aliphatic hydroxyl groups excluding tert-OH is 1. The smallest absolute Gasteiger partial charge is 0.313 e. The maximum Gasteiger partial charge on any atom is 0.313 e. The predicted octanol–water partition coefficient (Wildman–Crippen LogP) is 1.96. The van der Waals surface area contributed by atoms with Crippen molar-refractivity contribution < 1.29 is 24.2 Å². The average molecular weight is 399 g/mol. The Morgan fingerprint density at radius 3 is 2.59 bits per heavy atom. The lowest BCUT2D eigenvalue weighted by molar-refractivity contribution is -0.154. The zero-order valence-corrected chi connectivity index (χ0v) is 16.6. The van der Waals surface area contributed by atoms with Crippen LogP contribution in [0.3, 0.4) is 0 Å². The monoisotopic (exact) mass is 399 g/mol. The lowest BCUT2D eigenvalue weighted by Crippen LogP contribution is -2.40. The van der Waals surface area contributed by atoms with Crippen molar-refractivity contribution in [1.29, 1.82) is 0 Å². The van der Waals surface area contributed by atoms with Crippen molar-refractivity contribution >= 4 is 11.8 Å². The number of hydrogen-bond acceptors (Lipinski definition) is 6. The average Bonchev–Trinajstić information content (AvgIpc) is 3.28. The molecule has 5 unspecified atom stereocenters. The van der Waals surface area contributed by atoms with Crippen LogP contribution in [-0.4, -0.2) is 60.2 Å². The third-order valence-electron chi connectivity index (χ3n) is 6.36. The van der Waals surface area contributed by atoms with Gasteiger partial charge in [0.2, 0.25) is 0 Å². The van der Waals surface area contributed by atoms with E-state index in [1.807, 2.05) is 42.5 Å². The topological polar surface area (TPSA) is 76.1 Å². The molecule has 0 saturated carbocycles. The van der Waals surface area contributed by atoms with Gasteiger partial charge in [0, 0.05) is 12.5 Å². The lowest BCUT2D eigenvalue weighted by Gasteiger charge is -2.26. The summed E-state index contributed by atoms with van der Waals surface area (Å²) in [6.45, 7) is 2.70. The zero-order valence-electron chi connectivity index (χ0n) is 16.6. The third-order valence-corrected chi connectivity index (χ3v) is 6.36. The Balaban J connectivity index is 1.42. The number of ether oxygens (including phenoxy) is 2.